The molecule has 1 atom stereocenters. The zero-order valence-electron chi connectivity index (χ0n) is 14.1. The second-order valence-corrected chi connectivity index (χ2v) is 6.64. The number of nitrogens with one attached hydrogen (secondary N) is 2. The van der Waals surface area contributed by atoms with E-state index in [-0.39, 0.29) is 10.7 Å². The van der Waals surface area contributed by atoms with Gasteiger partial charge in [-0.2, -0.15) is 13.2 Å². The molecule has 0 saturated carbocycles. The molecule has 0 aliphatic heterocycles. The van der Waals surface area contributed by atoms with Gasteiger partial charge in [-0.3, -0.25) is 4.79 Å². The molecule has 6 nitrogen and oxygen atoms in total. The normalized spacial score (nSPS) is 13.6. The predicted octanol–water partition coefficient (Wildman–Crippen LogP) is 3.03. The van der Waals surface area contributed by atoms with E-state index in [1.807, 2.05) is 5.32 Å². The van der Waals surface area contributed by atoms with Crippen LogP contribution in [0.2, 0.25) is 0 Å². The molecule has 10 heteroatoms. The molecule has 2 N–H and O–H groups in total. The highest BCUT2D eigenvalue weighted by atomic mass is 32.1. The van der Waals surface area contributed by atoms with Crippen LogP contribution in [0.3, 0.4) is 0 Å². The third-order valence-electron chi connectivity index (χ3n) is 3.52. The SMILES string of the molecule is COC(=O)[C@](NC(=O)c1ccccc1C)(Nc1ncc(C)s1)C(F)(F)F. The van der Waals surface area contributed by atoms with E-state index in [0.29, 0.717) is 10.4 Å². The van der Waals surface area contributed by atoms with Crippen LogP contribution in [0.25, 0.3) is 0 Å². The number of nitrogens with zero attached hydrogens (tertiary/aromatic N) is 1. The van der Waals surface area contributed by atoms with Gasteiger partial charge in [-0.05, 0) is 25.5 Å². The fourth-order valence-corrected chi connectivity index (χ4v) is 2.90. The summed E-state index contributed by atoms with van der Waals surface area (Å²) in [5.41, 5.74) is -3.02. The molecule has 1 amide bonds. The Morgan fingerprint density at radius 3 is 2.35 bits per heavy atom. The molecule has 2 aromatic rings. The molecule has 1 aromatic heterocycles. The summed E-state index contributed by atoms with van der Waals surface area (Å²) in [6.45, 7) is 3.21. The number of ether oxygens (including phenoxy) is 1. The first-order valence-corrected chi connectivity index (χ1v) is 8.16. The first-order chi connectivity index (χ1) is 12.1. The number of rotatable bonds is 5. The number of carbonyl (C=O) groups excluding carboxylic acids is 2. The number of esters is 1. The number of halogens is 3. The first-order valence-electron chi connectivity index (χ1n) is 7.34. The number of carbonyl (C=O) groups is 2. The monoisotopic (exact) mass is 387 g/mol. The van der Waals surface area contributed by atoms with Crippen molar-refractivity contribution in [3.05, 3.63) is 46.5 Å². The highest BCUT2D eigenvalue weighted by Crippen LogP contribution is 2.34. The Morgan fingerprint density at radius 2 is 1.85 bits per heavy atom. The highest BCUT2D eigenvalue weighted by Gasteiger charge is 2.64. The summed E-state index contributed by atoms with van der Waals surface area (Å²) in [5, 5.41) is 3.57. The van der Waals surface area contributed by atoms with E-state index in [9.17, 15) is 22.8 Å². The molecule has 26 heavy (non-hydrogen) atoms. The third kappa shape index (κ3) is 3.79. The van der Waals surface area contributed by atoms with Gasteiger partial charge in [0, 0.05) is 16.6 Å². The molecule has 2 rings (SSSR count). The van der Waals surface area contributed by atoms with E-state index < -0.39 is 23.7 Å². The van der Waals surface area contributed by atoms with Crippen molar-refractivity contribution in [2.45, 2.75) is 25.7 Å². The van der Waals surface area contributed by atoms with Crippen molar-refractivity contribution in [1.82, 2.24) is 10.3 Å². The smallest absolute Gasteiger partial charge is 0.442 e. The van der Waals surface area contributed by atoms with Crippen molar-refractivity contribution in [2.24, 2.45) is 0 Å². The fourth-order valence-electron chi connectivity index (χ4n) is 2.18. The van der Waals surface area contributed by atoms with Crippen LogP contribution < -0.4 is 10.6 Å². The molecule has 0 bridgehead atoms. The number of thiazole rings is 1. The quantitative estimate of drug-likeness (QED) is 0.609. The molecule has 1 heterocycles. The molecular formula is C16H16F3N3O3S. The van der Waals surface area contributed by atoms with Crippen molar-refractivity contribution < 1.29 is 27.5 Å². The van der Waals surface area contributed by atoms with E-state index >= 15 is 0 Å². The average molecular weight is 387 g/mol. The minimum atomic E-state index is -5.20. The maximum Gasteiger partial charge on any atom is 0.442 e. The number of hydrogen-bond donors (Lipinski definition) is 2. The number of hydrogen-bond acceptors (Lipinski definition) is 6. The number of aromatic nitrogens is 1. The lowest BCUT2D eigenvalue weighted by Crippen LogP contribution is -2.69. The number of methoxy groups -OCH3 is 1. The van der Waals surface area contributed by atoms with Crippen molar-refractivity contribution in [2.75, 3.05) is 12.4 Å². The van der Waals surface area contributed by atoms with Crippen LogP contribution in [0.1, 0.15) is 20.8 Å². The van der Waals surface area contributed by atoms with Gasteiger partial charge in [0.1, 0.15) is 0 Å². The first kappa shape index (κ1) is 19.7. The van der Waals surface area contributed by atoms with Crippen LogP contribution in [-0.2, 0) is 9.53 Å². The topological polar surface area (TPSA) is 80.3 Å². The molecule has 0 aliphatic carbocycles. The largest absolute Gasteiger partial charge is 0.466 e. The highest BCUT2D eigenvalue weighted by molar-refractivity contribution is 7.15. The van der Waals surface area contributed by atoms with Crippen molar-refractivity contribution in [1.29, 1.82) is 0 Å². The standard InChI is InChI=1S/C16H16F3N3O3S/c1-9-6-4-5-7-11(9)12(23)21-15(13(24)25-3,16(17,18)19)22-14-20-8-10(2)26-14/h4-8H,1-3H3,(H,20,22)(H,21,23)/t15-/m0/s1. The predicted molar refractivity (Wildman–Crippen MR) is 89.9 cm³/mol. The molecule has 0 radical (unpaired) electrons. The molecule has 140 valence electrons. The van der Waals surface area contributed by atoms with Gasteiger partial charge < -0.3 is 15.4 Å². The molecular weight excluding hydrogens is 371 g/mol. The number of aryl methyl sites for hydroxylation is 2. The molecule has 0 spiro atoms. The lowest BCUT2D eigenvalue weighted by atomic mass is 10.1. The Morgan fingerprint density at radius 1 is 1.19 bits per heavy atom. The lowest BCUT2D eigenvalue weighted by Gasteiger charge is -2.34. The summed E-state index contributed by atoms with van der Waals surface area (Å²) < 4.78 is 46.0. The summed E-state index contributed by atoms with van der Waals surface area (Å²) in [6, 6.07) is 6.07. The van der Waals surface area contributed by atoms with Gasteiger partial charge in [0.25, 0.3) is 5.91 Å². The second-order valence-electron chi connectivity index (χ2n) is 5.41. The maximum atomic E-state index is 13.9. The van der Waals surface area contributed by atoms with E-state index in [1.54, 1.807) is 31.3 Å². The lowest BCUT2D eigenvalue weighted by molar-refractivity contribution is -0.203. The number of benzene rings is 1. The van der Waals surface area contributed by atoms with Crippen molar-refractivity contribution >= 4 is 28.3 Å². The van der Waals surface area contributed by atoms with Crippen LogP contribution in [0.4, 0.5) is 18.3 Å². The fraction of sp³-hybridized carbons (Fsp3) is 0.312. The number of alkyl halides is 3. The Bertz CT molecular complexity index is 822. The van der Waals surface area contributed by atoms with E-state index in [0.717, 1.165) is 18.4 Å². The Balaban J connectivity index is 2.49. The van der Waals surface area contributed by atoms with Crippen molar-refractivity contribution in [3.8, 4) is 0 Å². The minimum Gasteiger partial charge on any atom is -0.466 e. The molecule has 0 fully saturated rings. The summed E-state index contributed by atoms with van der Waals surface area (Å²) in [5.74, 6) is -2.79. The van der Waals surface area contributed by atoms with Gasteiger partial charge in [0.15, 0.2) is 5.13 Å². The summed E-state index contributed by atoms with van der Waals surface area (Å²) in [6.07, 6.45) is -3.85. The second kappa shape index (κ2) is 7.32. The van der Waals surface area contributed by atoms with E-state index in [2.05, 4.69) is 9.72 Å². The van der Waals surface area contributed by atoms with Crippen LogP contribution in [0.5, 0.6) is 0 Å². The van der Waals surface area contributed by atoms with E-state index in [4.69, 9.17) is 0 Å². The summed E-state index contributed by atoms with van der Waals surface area (Å²) >= 11 is 0.903. The van der Waals surface area contributed by atoms with E-state index in [1.165, 1.54) is 18.3 Å². The molecule has 0 unspecified atom stereocenters. The van der Waals surface area contributed by atoms with Gasteiger partial charge in [0.05, 0.1) is 7.11 Å². The molecule has 0 saturated heterocycles. The number of amides is 1. The molecule has 1 aromatic carbocycles. The zero-order valence-corrected chi connectivity index (χ0v) is 14.9. The van der Waals surface area contributed by atoms with Crippen molar-refractivity contribution in [3.63, 3.8) is 0 Å². The molecule has 0 aliphatic rings. The van der Waals surface area contributed by atoms with Gasteiger partial charge in [-0.25, -0.2) is 9.78 Å². The Hall–Kier alpha value is -2.62. The van der Waals surface area contributed by atoms with Gasteiger partial charge in [-0.1, -0.05) is 18.2 Å². The summed E-state index contributed by atoms with van der Waals surface area (Å²) in [7, 11) is 0.803. The van der Waals surface area contributed by atoms with Gasteiger partial charge in [-0.15, -0.1) is 11.3 Å². The van der Waals surface area contributed by atoms with Crippen LogP contribution in [-0.4, -0.2) is 35.8 Å². The third-order valence-corrected chi connectivity index (χ3v) is 4.35. The number of anilines is 1. The van der Waals surface area contributed by atoms with Gasteiger partial charge >= 0.3 is 17.8 Å². The zero-order chi connectivity index (χ0) is 19.5. The average Bonchev–Trinajstić information content (AvgIpc) is 2.97. The van der Waals surface area contributed by atoms with Crippen LogP contribution in [0, 0.1) is 13.8 Å². The van der Waals surface area contributed by atoms with Gasteiger partial charge in [0.2, 0.25) is 0 Å². The minimum absolute atomic E-state index is 0.00199. The Labute approximate surface area is 151 Å². The Kier molecular flexibility index (Phi) is 5.55. The summed E-state index contributed by atoms with van der Waals surface area (Å²) in [4.78, 5) is 29.0. The van der Waals surface area contributed by atoms with Crippen LogP contribution in [0.15, 0.2) is 30.5 Å². The van der Waals surface area contributed by atoms with Crippen LogP contribution >= 0.6 is 11.3 Å². The maximum absolute atomic E-state index is 13.9.